The van der Waals surface area contributed by atoms with Crippen molar-refractivity contribution in [3.8, 4) is 6.07 Å². The number of amides is 1. The third-order valence-corrected chi connectivity index (χ3v) is 2.48. The summed E-state index contributed by atoms with van der Waals surface area (Å²) < 4.78 is 36.2. The van der Waals surface area contributed by atoms with Gasteiger partial charge in [-0.3, -0.25) is 4.79 Å². The van der Waals surface area contributed by atoms with E-state index in [1.165, 1.54) is 12.1 Å². The first kappa shape index (κ1) is 15.5. The second-order valence-corrected chi connectivity index (χ2v) is 4.48. The fraction of sp³-hybridized carbons (Fsp3) is 0.273. The Morgan fingerprint density at radius 3 is 2.68 bits per heavy atom. The van der Waals surface area contributed by atoms with Gasteiger partial charge in [0.25, 0.3) is 0 Å². The smallest absolute Gasteiger partial charge is 0.324 e. The molecule has 0 fully saturated rings. The summed E-state index contributed by atoms with van der Waals surface area (Å²) in [5, 5.41) is 13.2. The Labute approximate surface area is 115 Å². The van der Waals surface area contributed by atoms with Gasteiger partial charge in [-0.15, -0.1) is 0 Å². The fourth-order valence-corrected chi connectivity index (χ4v) is 1.59. The maximum Gasteiger partial charge on any atom is 0.401 e. The van der Waals surface area contributed by atoms with Crippen LogP contribution in [0.15, 0.2) is 22.7 Å². The summed E-state index contributed by atoms with van der Waals surface area (Å²) in [5.74, 6) is -0.654. The average Bonchev–Trinajstić information content (AvgIpc) is 2.27. The largest absolute Gasteiger partial charge is 0.401 e. The Morgan fingerprint density at radius 2 is 2.11 bits per heavy atom. The molecular formula is C11H9BrF3N3O. The van der Waals surface area contributed by atoms with Gasteiger partial charge < -0.3 is 10.6 Å². The highest BCUT2D eigenvalue weighted by Gasteiger charge is 2.26. The quantitative estimate of drug-likeness (QED) is 0.888. The molecule has 19 heavy (non-hydrogen) atoms. The third kappa shape index (κ3) is 5.72. The van der Waals surface area contributed by atoms with Crippen LogP contribution >= 0.6 is 15.9 Å². The van der Waals surface area contributed by atoms with Gasteiger partial charge in [0.05, 0.1) is 24.3 Å². The minimum Gasteiger partial charge on any atom is -0.324 e. The number of nitriles is 1. The zero-order chi connectivity index (χ0) is 14.5. The number of alkyl halides is 3. The third-order valence-electron chi connectivity index (χ3n) is 1.99. The van der Waals surface area contributed by atoms with Crippen LogP contribution < -0.4 is 10.6 Å². The van der Waals surface area contributed by atoms with Crippen molar-refractivity contribution in [1.29, 1.82) is 5.26 Å². The van der Waals surface area contributed by atoms with E-state index in [4.69, 9.17) is 5.26 Å². The summed E-state index contributed by atoms with van der Waals surface area (Å²) in [4.78, 5) is 11.4. The summed E-state index contributed by atoms with van der Waals surface area (Å²) in [6.45, 7) is -1.74. The van der Waals surface area contributed by atoms with E-state index in [2.05, 4.69) is 21.2 Å². The van der Waals surface area contributed by atoms with E-state index in [0.717, 1.165) is 0 Å². The minimum atomic E-state index is -4.37. The molecule has 0 saturated carbocycles. The number of nitrogens with one attached hydrogen (secondary N) is 2. The maximum atomic E-state index is 11.9. The number of anilines is 1. The Balaban J connectivity index is 2.58. The molecule has 0 aliphatic rings. The van der Waals surface area contributed by atoms with Gasteiger partial charge in [-0.05, 0) is 18.2 Å². The summed E-state index contributed by atoms with van der Waals surface area (Å²) in [6.07, 6.45) is -4.37. The number of rotatable bonds is 4. The van der Waals surface area contributed by atoms with Crippen LogP contribution in [0.3, 0.4) is 0 Å². The molecule has 0 aromatic heterocycles. The standard InChI is InChI=1S/C11H9BrF3N3O/c12-8-2-1-7(4-16)9(3-8)18-10(19)5-17-6-11(13,14)15/h1-3,17H,5-6H2,(H,18,19). The van der Waals surface area contributed by atoms with Crippen LogP contribution in [0.1, 0.15) is 5.56 Å². The van der Waals surface area contributed by atoms with Crippen molar-refractivity contribution in [2.24, 2.45) is 0 Å². The molecule has 0 radical (unpaired) electrons. The SMILES string of the molecule is N#Cc1ccc(Br)cc1NC(=O)CNCC(F)(F)F. The molecule has 8 heteroatoms. The molecule has 4 nitrogen and oxygen atoms in total. The molecule has 0 spiro atoms. The van der Waals surface area contributed by atoms with Gasteiger partial charge in [-0.1, -0.05) is 15.9 Å². The monoisotopic (exact) mass is 335 g/mol. The van der Waals surface area contributed by atoms with Gasteiger partial charge >= 0.3 is 6.18 Å². The number of nitrogens with zero attached hydrogens (tertiary/aromatic N) is 1. The first-order valence-electron chi connectivity index (χ1n) is 5.09. The summed E-state index contributed by atoms with van der Waals surface area (Å²) >= 11 is 3.17. The van der Waals surface area contributed by atoms with Gasteiger partial charge in [-0.25, -0.2) is 0 Å². The predicted octanol–water partition coefficient (Wildman–Crippen LogP) is 2.41. The first-order valence-corrected chi connectivity index (χ1v) is 5.88. The second-order valence-electron chi connectivity index (χ2n) is 3.57. The highest BCUT2D eigenvalue weighted by molar-refractivity contribution is 9.10. The summed E-state index contributed by atoms with van der Waals surface area (Å²) in [7, 11) is 0. The molecule has 1 aromatic carbocycles. The zero-order valence-electron chi connectivity index (χ0n) is 9.51. The lowest BCUT2D eigenvalue weighted by Crippen LogP contribution is -2.35. The Hall–Kier alpha value is -1.59. The molecule has 1 amide bonds. The molecule has 0 atom stereocenters. The van der Waals surface area contributed by atoms with Gasteiger partial charge in [0.1, 0.15) is 6.07 Å². The lowest BCUT2D eigenvalue weighted by molar-refractivity contribution is -0.126. The number of halogens is 4. The van der Waals surface area contributed by atoms with Crippen molar-refractivity contribution in [1.82, 2.24) is 5.32 Å². The number of hydrogen-bond donors (Lipinski definition) is 2. The van der Waals surface area contributed by atoms with Gasteiger partial charge in [0.15, 0.2) is 0 Å². The van der Waals surface area contributed by atoms with Crippen LogP contribution in [0, 0.1) is 11.3 Å². The van der Waals surface area contributed by atoms with Crippen LogP contribution in [0.25, 0.3) is 0 Å². The van der Waals surface area contributed by atoms with Crippen molar-refractivity contribution in [3.05, 3.63) is 28.2 Å². The highest BCUT2D eigenvalue weighted by Crippen LogP contribution is 2.20. The second kappa shape index (κ2) is 6.54. The van der Waals surface area contributed by atoms with Crippen LogP contribution in [0.5, 0.6) is 0 Å². The van der Waals surface area contributed by atoms with Crippen LogP contribution in [0.4, 0.5) is 18.9 Å². The van der Waals surface area contributed by atoms with E-state index in [9.17, 15) is 18.0 Å². The number of carbonyl (C=O) groups excluding carboxylic acids is 1. The van der Waals surface area contributed by atoms with Crippen LogP contribution in [-0.4, -0.2) is 25.2 Å². The normalized spacial score (nSPS) is 10.9. The molecular weight excluding hydrogens is 327 g/mol. The number of carbonyl (C=O) groups is 1. The molecule has 0 heterocycles. The van der Waals surface area contributed by atoms with Crippen LogP contribution in [0.2, 0.25) is 0 Å². The van der Waals surface area contributed by atoms with Crippen molar-refractivity contribution in [3.63, 3.8) is 0 Å². The van der Waals surface area contributed by atoms with E-state index in [0.29, 0.717) is 4.47 Å². The summed E-state index contributed by atoms with van der Waals surface area (Å²) in [6, 6.07) is 6.48. The summed E-state index contributed by atoms with van der Waals surface area (Å²) in [5.41, 5.74) is 0.475. The van der Waals surface area contributed by atoms with E-state index in [1.807, 2.05) is 11.4 Å². The predicted molar refractivity (Wildman–Crippen MR) is 66.4 cm³/mol. The Bertz CT molecular complexity index is 511. The Kier molecular flexibility index (Phi) is 5.32. The van der Waals surface area contributed by atoms with Gasteiger partial charge in [0.2, 0.25) is 5.91 Å². The van der Waals surface area contributed by atoms with Crippen molar-refractivity contribution >= 4 is 27.5 Å². The van der Waals surface area contributed by atoms with E-state index in [1.54, 1.807) is 6.07 Å². The lowest BCUT2D eigenvalue weighted by Gasteiger charge is -2.10. The molecule has 0 aliphatic heterocycles. The number of benzene rings is 1. The minimum absolute atomic E-state index is 0.229. The van der Waals surface area contributed by atoms with E-state index < -0.39 is 25.2 Å². The molecule has 1 rings (SSSR count). The zero-order valence-corrected chi connectivity index (χ0v) is 11.1. The maximum absolute atomic E-state index is 11.9. The highest BCUT2D eigenvalue weighted by atomic mass is 79.9. The lowest BCUT2D eigenvalue weighted by atomic mass is 10.2. The molecule has 0 unspecified atom stereocenters. The van der Waals surface area contributed by atoms with Crippen molar-refractivity contribution in [2.75, 3.05) is 18.4 Å². The molecule has 0 bridgehead atoms. The van der Waals surface area contributed by atoms with Crippen molar-refractivity contribution < 1.29 is 18.0 Å². The molecule has 0 aliphatic carbocycles. The topological polar surface area (TPSA) is 64.9 Å². The van der Waals surface area contributed by atoms with E-state index >= 15 is 0 Å². The average molecular weight is 336 g/mol. The number of hydrogen-bond acceptors (Lipinski definition) is 3. The molecule has 0 saturated heterocycles. The van der Waals surface area contributed by atoms with Crippen LogP contribution in [-0.2, 0) is 4.79 Å². The Morgan fingerprint density at radius 1 is 1.42 bits per heavy atom. The van der Waals surface area contributed by atoms with E-state index in [-0.39, 0.29) is 11.3 Å². The van der Waals surface area contributed by atoms with Gasteiger partial charge in [0, 0.05) is 4.47 Å². The first-order chi connectivity index (χ1) is 8.81. The molecule has 102 valence electrons. The molecule has 1 aromatic rings. The van der Waals surface area contributed by atoms with Crippen molar-refractivity contribution in [2.45, 2.75) is 6.18 Å². The molecule has 2 N–H and O–H groups in total. The fourth-order valence-electron chi connectivity index (χ4n) is 1.23. The van der Waals surface area contributed by atoms with Gasteiger partial charge in [-0.2, -0.15) is 18.4 Å².